The normalized spacial score (nSPS) is 30.9. The van der Waals surface area contributed by atoms with E-state index >= 15 is 0 Å². The van der Waals surface area contributed by atoms with Gasteiger partial charge in [0.05, 0.1) is 14.0 Å². The van der Waals surface area contributed by atoms with Crippen molar-refractivity contribution in [3.05, 3.63) is 0 Å². The molecule has 1 aliphatic heterocycles. The lowest BCUT2D eigenvalue weighted by atomic mass is 10.3. The summed E-state index contributed by atoms with van der Waals surface area (Å²) in [5, 5.41) is 0. The lowest BCUT2D eigenvalue weighted by molar-refractivity contribution is -0.666. The molecule has 1 heterocycles. The quantitative estimate of drug-likeness (QED) is 0.415. The SMILES string of the molecule is CC(=O)N1C(=O)[N+](C)(C(C)=O)C(=O)C1C. The van der Waals surface area contributed by atoms with Crippen LogP contribution in [0.4, 0.5) is 4.79 Å². The predicted molar refractivity (Wildman–Crippen MR) is 49.3 cm³/mol. The van der Waals surface area contributed by atoms with Crippen LogP contribution in [0.5, 0.6) is 0 Å². The van der Waals surface area contributed by atoms with Crippen LogP contribution in [0, 0.1) is 0 Å². The smallest absolute Gasteiger partial charge is 0.275 e. The fourth-order valence-electron chi connectivity index (χ4n) is 1.66. The van der Waals surface area contributed by atoms with E-state index in [9.17, 15) is 19.2 Å². The van der Waals surface area contributed by atoms with Gasteiger partial charge >= 0.3 is 17.8 Å². The van der Waals surface area contributed by atoms with E-state index in [1.54, 1.807) is 0 Å². The van der Waals surface area contributed by atoms with Gasteiger partial charge in [0, 0.05) is 6.92 Å². The Balaban J connectivity index is 3.28. The number of hydrogen-bond acceptors (Lipinski definition) is 4. The highest BCUT2D eigenvalue weighted by atomic mass is 16.2. The Morgan fingerprint density at radius 3 is 1.93 bits per heavy atom. The molecule has 6 heteroatoms. The van der Waals surface area contributed by atoms with E-state index in [1.807, 2.05) is 0 Å². The number of amides is 5. The molecular formula is C9H13N2O4+. The summed E-state index contributed by atoms with van der Waals surface area (Å²) in [6.07, 6.45) is 0. The van der Waals surface area contributed by atoms with Crippen LogP contribution in [-0.4, -0.2) is 46.2 Å². The van der Waals surface area contributed by atoms with E-state index in [2.05, 4.69) is 0 Å². The predicted octanol–water partition coefficient (Wildman–Crippen LogP) is -0.123. The maximum atomic E-state index is 11.8. The van der Waals surface area contributed by atoms with Crippen LogP contribution in [0.2, 0.25) is 0 Å². The van der Waals surface area contributed by atoms with Gasteiger partial charge in [-0.1, -0.05) is 0 Å². The fourth-order valence-corrected chi connectivity index (χ4v) is 1.66. The molecular weight excluding hydrogens is 200 g/mol. The molecule has 0 spiro atoms. The van der Waals surface area contributed by atoms with Crippen molar-refractivity contribution >= 4 is 23.8 Å². The van der Waals surface area contributed by atoms with E-state index in [-0.39, 0.29) is 0 Å². The summed E-state index contributed by atoms with van der Waals surface area (Å²) in [5.41, 5.74) is 0. The van der Waals surface area contributed by atoms with E-state index in [1.165, 1.54) is 20.9 Å². The van der Waals surface area contributed by atoms with Gasteiger partial charge in [-0.3, -0.25) is 4.79 Å². The molecule has 1 fully saturated rings. The molecule has 0 radical (unpaired) electrons. The topological polar surface area (TPSA) is 71.5 Å². The Morgan fingerprint density at radius 1 is 1.27 bits per heavy atom. The lowest BCUT2D eigenvalue weighted by Crippen LogP contribution is -2.54. The lowest BCUT2D eigenvalue weighted by Gasteiger charge is -2.17. The number of quaternary nitrogens is 1. The van der Waals surface area contributed by atoms with Crippen LogP contribution in [0.15, 0.2) is 0 Å². The summed E-state index contributed by atoms with van der Waals surface area (Å²) >= 11 is 0. The Labute approximate surface area is 87.0 Å². The van der Waals surface area contributed by atoms with E-state index in [4.69, 9.17) is 0 Å². The van der Waals surface area contributed by atoms with Crippen molar-refractivity contribution in [2.75, 3.05) is 7.05 Å². The number of urea groups is 1. The van der Waals surface area contributed by atoms with Crippen LogP contribution in [0.25, 0.3) is 0 Å². The first kappa shape index (κ1) is 11.5. The zero-order chi connectivity index (χ0) is 12.0. The minimum absolute atomic E-state index is 0.524. The molecule has 0 aromatic carbocycles. The van der Waals surface area contributed by atoms with Gasteiger partial charge in [-0.25, -0.2) is 19.3 Å². The van der Waals surface area contributed by atoms with Gasteiger partial charge in [0.1, 0.15) is 0 Å². The van der Waals surface area contributed by atoms with Gasteiger partial charge in [0.15, 0.2) is 6.04 Å². The standard InChI is InChI=1S/C9H13N2O4/c1-5-8(14)11(4,7(3)13)9(15)10(5)6(2)12/h5H,1-4H3/q+1. The minimum Gasteiger partial charge on any atom is -0.275 e. The minimum atomic E-state index is -0.958. The van der Waals surface area contributed by atoms with Crippen molar-refractivity contribution in [3.63, 3.8) is 0 Å². The molecule has 1 saturated heterocycles. The molecule has 0 saturated carbocycles. The van der Waals surface area contributed by atoms with Gasteiger partial charge in [-0.2, -0.15) is 0 Å². The number of nitrogens with zero attached hydrogens (tertiary/aromatic N) is 2. The van der Waals surface area contributed by atoms with Crippen LogP contribution < -0.4 is 0 Å². The van der Waals surface area contributed by atoms with Crippen LogP contribution in [0.3, 0.4) is 0 Å². The highest BCUT2D eigenvalue weighted by Gasteiger charge is 2.60. The van der Waals surface area contributed by atoms with Crippen molar-refractivity contribution in [3.8, 4) is 0 Å². The number of hydrogen-bond donors (Lipinski definition) is 0. The van der Waals surface area contributed by atoms with E-state index in [0.717, 1.165) is 11.8 Å². The third-order valence-corrected chi connectivity index (χ3v) is 2.74. The van der Waals surface area contributed by atoms with Gasteiger partial charge < -0.3 is 0 Å². The summed E-state index contributed by atoms with van der Waals surface area (Å²) in [7, 11) is 1.21. The van der Waals surface area contributed by atoms with E-state index < -0.39 is 34.3 Å². The Hall–Kier alpha value is -1.56. The van der Waals surface area contributed by atoms with Crippen LogP contribution in [-0.2, 0) is 14.4 Å². The first-order valence-electron chi connectivity index (χ1n) is 4.51. The molecule has 1 aliphatic rings. The molecule has 2 atom stereocenters. The Morgan fingerprint density at radius 2 is 1.73 bits per heavy atom. The number of rotatable bonds is 0. The van der Waals surface area contributed by atoms with E-state index in [0.29, 0.717) is 0 Å². The second-order valence-electron chi connectivity index (χ2n) is 3.71. The zero-order valence-corrected chi connectivity index (χ0v) is 9.10. The number of likely N-dealkylation sites (N-methyl/N-ethyl adjacent to an activating group) is 1. The number of imide groups is 4. The summed E-state index contributed by atoms with van der Waals surface area (Å²) in [4.78, 5) is 46.8. The second kappa shape index (κ2) is 3.23. The molecule has 0 aliphatic carbocycles. The van der Waals surface area contributed by atoms with Crippen molar-refractivity contribution in [2.24, 2.45) is 0 Å². The average Bonchev–Trinajstić information content (AvgIpc) is 2.29. The largest absolute Gasteiger partial charge is 0.441 e. The van der Waals surface area contributed by atoms with Gasteiger partial charge in [-0.05, 0) is 6.92 Å². The molecule has 5 amide bonds. The third kappa shape index (κ3) is 1.29. The number of carbonyl (C=O) groups is 4. The molecule has 6 nitrogen and oxygen atoms in total. The van der Waals surface area contributed by atoms with Gasteiger partial charge in [0.2, 0.25) is 5.91 Å². The summed E-state index contributed by atoms with van der Waals surface area (Å²) in [6.45, 7) is 3.79. The molecule has 0 N–H and O–H groups in total. The molecule has 2 unspecified atom stereocenters. The molecule has 0 aromatic heterocycles. The molecule has 15 heavy (non-hydrogen) atoms. The first-order chi connectivity index (χ1) is 6.74. The Bertz CT molecular complexity index is 376. The zero-order valence-electron chi connectivity index (χ0n) is 9.10. The van der Waals surface area contributed by atoms with Gasteiger partial charge in [0.25, 0.3) is 0 Å². The monoisotopic (exact) mass is 213 g/mol. The second-order valence-corrected chi connectivity index (χ2v) is 3.71. The maximum absolute atomic E-state index is 11.8. The third-order valence-electron chi connectivity index (χ3n) is 2.74. The number of carbonyl (C=O) groups excluding carboxylic acids is 4. The van der Waals surface area contributed by atoms with Crippen LogP contribution >= 0.6 is 0 Å². The maximum Gasteiger partial charge on any atom is 0.441 e. The Kier molecular flexibility index (Phi) is 2.48. The highest BCUT2D eigenvalue weighted by Crippen LogP contribution is 2.24. The molecule has 0 bridgehead atoms. The summed E-state index contributed by atoms with van der Waals surface area (Å²) in [6, 6.07) is -1.64. The first-order valence-corrected chi connectivity index (χ1v) is 4.51. The van der Waals surface area contributed by atoms with Gasteiger partial charge in [-0.15, -0.1) is 4.48 Å². The van der Waals surface area contributed by atoms with Crippen LogP contribution in [0.1, 0.15) is 20.8 Å². The van der Waals surface area contributed by atoms with Crippen molar-refractivity contribution in [1.82, 2.24) is 4.90 Å². The molecule has 82 valence electrons. The summed E-state index contributed by atoms with van der Waals surface area (Å²) in [5.74, 6) is -1.67. The van der Waals surface area contributed by atoms with Crippen molar-refractivity contribution in [1.29, 1.82) is 0 Å². The summed E-state index contributed by atoms with van der Waals surface area (Å²) < 4.78 is -0.958. The van der Waals surface area contributed by atoms with Crippen molar-refractivity contribution in [2.45, 2.75) is 26.8 Å². The fraction of sp³-hybridized carbons (Fsp3) is 0.556. The molecule has 1 rings (SSSR count). The highest BCUT2D eigenvalue weighted by molar-refractivity contribution is 6.09. The molecule has 0 aromatic rings. The average molecular weight is 213 g/mol. The van der Waals surface area contributed by atoms with Crippen molar-refractivity contribution < 1.29 is 23.7 Å².